The number of carboxylic acids is 1. The average molecular weight is 663 g/mol. The Hall–Kier alpha value is -4.15. The largest absolute Gasteiger partial charge is 0.481 e. The van der Waals surface area contributed by atoms with Crippen molar-refractivity contribution >= 4 is 21.6 Å². The SMILES string of the molecule is Cc1ccc([C@H](c2ccn3c(C(F)(F)F)nnc3c2C)C(C)(C)C(=O)O)nc1CN1CCCOCCOc2ncccc2S1(=O)=O. The second-order valence-corrected chi connectivity index (χ2v) is 13.4. The van der Waals surface area contributed by atoms with Crippen molar-refractivity contribution in [2.75, 3.05) is 26.4 Å². The standard InChI is InChI=1S/C30H33F3N6O6S/c1-18-8-9-21(24(29(3,4)28(40)41)20-10-13-39-25(19(20)2)36-37-27(39)30(31,32)33)35-22(18)17-38-12-6-14-44-15-16-45-26-23(46(38,42)43)7-5-11-34-26/h5,7-11,13,24H,6,12,14-17H2,1-4H3,(H,40,41)/t24-/m0/s1. The molecule has 0 amide bonds. The average Bonchev–Trinajstić information content (AvgIpc) is 3.43. The molecule has 12 nitrogen and oxygen atoms in total. The fourth-order valence-electron chi connectivity index (χ4n) is 5.47. The minimum atomic E-state index is -4.75. The number of aliphatic carboxylic acids is 1. The van der Waals surface area contributed by atoms with E-state index in [1.807, 2.05) is 0 Å². The van der Waals surface area contributed by atoms with Crippen molar-refractivity contribution in [3.05, 3.63) is 76.6 Å². The lowest BCUT2D eigenvalue weighted by molar-refractivity contribution is -0.147. The number of carboxylic acid groups (broad SMARTS) is 1. The van der Waals surface area contributed by atoms with E-state index in [0.717, 1.165) is 10.6 Å². The summed E-state index contributed by atoms with van der Waals surface area (Å²) in [6, 6.07) is 7.70. The van der Waals surface area contributed by atoms with Crippen LogP contribution >= 0.6 is 0 Å². The number of halogens is 3. The van der Waals surface area contributed by atoms with Gasteiger partial charge in [-0.3, -0.25) is 14.2 Å². The third-order valence-corrected chi connectivity index (χ3v) is 9.92. The van der Waals surface area contributed by atoms with Gasteiger partial charge in [0.2, 0.25) is 21.7 Å². The summed E-state index contributed by atoms with van der Waals surface area (Å²) in [5.41, 5.74) is 0.423. The highest BCUT2D eigenvalue weighted by Gasteiger charge is 2.42. The molecule has 1 aliphatic rings. The van der Waals surface area contributed by atoms with Crippen LogP contribution in [0, 0.1) is 19.3 Å². The summed E-state index contributed by atoms with van der Waals surface area (Å²) in [5, 5.41) is 17.4. The smallest absolute Gasteiger partial charge is 0.452 e. The number of nitrogens with zero attached hydrogens (tertiary/aromatic N) is 6. The van der Waals surface area contributed by atoms with Gasteiger partial charge in [0.05, 0.1) is 24.3 Å². The number of sulfonamides is 1. The number of alkyl halides is 3. The van der Waals surface area contributed by atoms with E-state index in [9.17, 15) is 31.5 Å². The Morgan fingerprint density at radius 3 is 2.57 bits per heavy atom. The van der Waals surface area contributed by atoms with Crippen molar-refractivity contribution in [2.45, 2.75) is 57.7 Å². The lowest BCUT2D eigenvalue weighted by Gasteiger charge is -2.32. The van der Waals surface area contributed by atoms with E-state index in [0.29, 0.717) is 41.1 Å². The van der Waals surface area contributed by atoms with Crippen LogP contribution < -0.4 is 4.74 Å². The third-order valence-electron chi connectivity index (χ3n) is 8.07. The van der Waals surface area contributed by atoms with E-state index in [1.165, 1.54) is 42.5 Å². The van der Waals surface area contributed by atoms with Gasteiger partial charge in [-0.25, -0.2) is 13.4 Å². The fraction of sp³-hybridized carbons (Fsp3) is 0.433. The second-order valence-electron chi connectivity index (χ2n) is 11.5. The number of aryl methyl sites for hydroxylation is 2. The van der Waals surface area contributed by atoms with Gasteiger partial charge in [-0.15, -0.1) is 10.2 Å². The molecule has 1 N–H and O–H groups in total. The van der Waals surface area contributed by atoms with Gasteiger partial charge >= 0.3 is 12.1 Å². The first-order valence-electron chi connectivity index (χ1n) is 14.4. The van der Waals surface area contributed by atoms with E-state index in [2.05, 4.69) is 15.2 Å². The van der Waals surface area contributed by atoms with E-state index in [1.54, 1.807) is 26.0 Å². The molecule has 246 valence electrons. The first-order valence-corrected chi connectivity index (χ1v) is 15.8. The minimum absolute atomic E-state index is 0.0484. The highest BCUT2D eigenvalue weighted by atomic mass is 32.2. The fourth-order valence-corrected chi connectivity index (χ4v) is 6.99. The molecule has 0 aromatic carbocycles. The van der Waals surface area contributed by atoms with Crippen LogP contribution in [0.2, 0.25) is 0 Å². The zero-order chi connectivity index (χ0) is 33.4. The van der Waals surface area contributed by atoms with Gasteiger partial charge in [0.1, 0.15) is 11.5 Å². The third kappa shape index (κ3) is 6.28. The van der Waals surface area contributed by atoms with Crippen molar-refractivity contribution in [2.24, 2.45) is 5.41 Å². The monoisotopic (exact) mass is 662 g/mol. The van der Waals surface area contributed by atoms with Crippen LogP contribution in [0.3, 0.4) is 0 Å². The Kier molecular flexibility index (Phi) is 9.07. The zero-order valence-corrected chi connectivity index (χ0v) is 26.4. The number of fused-ring (bicyclic) bond motifs is 2. The number of carbonyl (C=O) groups is 1. The maximum absolute atomic E-state index is 14.0. The molecule has 0 saturated carbocycles. The van der Waals surface area contributed by atoms with Crippen molar-refractivity contribution in [1.29, 1.82) is 0 Å². The molecule has 0 aliphatic carbocycles. The van der Waals surface area contributed by atoms with Gasteiger partial charge in [-0.05, 0) is 75.1 Å². The summed E-state index contributed by atoms with van der Waals surface area (Å²) in [5.74, 6) is -3.39. The molecule has 0 saturated heterocycles. The molecule has 4 aromatic rings. The summed E-state index contributed by atoms with van der Waals surface area (Å²) in [7, 11) is -4.13. The molecule has 5 heterocycles. The van der Waals surface area contributed by atoms with E-state index >= 15 is 0 Å². The van der Waals surface area contributed by atoms with E-state index in [-0.39, 0.29) is 42.7 Å². The van der Waals surface area contributed by atoms with E-state index < -0.39 is 39.3 Å². The predicted molar refractivity (Wildman–Crippen MR) is 158 cm³/mol. The summed E-state index contributed by atoms with van der Waals surface area (Å²) in [4.78, 5) is 21.4. The Balaban J connectivity index is 1.61. The van der Waals surface area contributed by atoms with Crippen LogP contribution in [0.5, 0.6) is 5.88 Å². The molecule has 1 atom stereocenters. The first kappa shape index (κ1) is 33.2. The molecule has 0 radical (unpaired) electrons. The Labute approximate surface area is 263 Å². The molecular weight excluding hydrogens is 629 g/mol. The summed E-state index contributed by atoms with van der Waals surface area (Å²) < 4.78 is 81.8. The highest BCUT2D eigenvalue weighted by molar-refractivity contribution is 7.89. The number of rotatable bonds is 6. The van der Waals surface area contributed by atoms with Crippen LogP contribution in [-0.4, -0.2) is 74.7 Å². The molecule has 4 aromatic heterocycles. The molecule has 0 bridgehead atoms. The van der Waals surface area contributed by atoms with Gasteiger partial charge in [-0.2, -0.15) is 17.5 Å². The lowest BCUT2D eigenvalue weighted by atomic mass is 9.72. The Bertz CT molecular complexity index is 1880. The first-order chi connectivity index (χ1) is 21.6. The van der Waals surface area contributed by atoms with Crippen molar-refractivity contribution < 1.29 is 41.0 Å². The maximum Gasteiger partial charge on any atom is 0.452 e. The molecule has 0 fully saturated rings. The molecule has 1 aliphatic heterocycles. The van der Waals surface area contributed by atoms with Gasteiger partial charge in [0, 0.05) is 37.2 Å². The van der Waals surface area contributed by atoms with Crippen LogP contribution in [0.4, 0.5) is 13.2 Å². The summed E-state index contributed by atoms with van der Waals surface area (Å²) >= 11 is 0. The normalized spacial score (nSPS) is 17.1. The summed E-state index contributed by atoms with van der Waals surface area (Å²) in [6.07, 6.45) is -1.77. The second kappa shape index (κ2) is 12.6. The Morgan fingerprint density at radius 2 is 1.85 bits per heavy atom. The maximum atomic E-state index is 14.0. The van der Waals surface area contributed by atoms with E-state index in [4.69, 9.17) is 14.5 Å². The zero-order valence-electron chi connectivity index (χ0n) is 25.6. The molecule has 16 heteroatoms. The van der Waals surface area contributed by atoms with Crippen molar-refractivity contribution in [1.82, 2.24) is 28.9 Å². The van der Waals surface area contributed by atoms with Crippen LogP contribution in [0.15, 0.2) is 47.6 Å². The van der Waals surface area contributed by atoms with Gasteiger partial charge in [-0.1, -0.05) is 6.07 Å². The number of ether oxygens (including phenoxy) is 2. The highest BCUT2D eigenvalue weighted by Crippen LogP contribution is 2.43. The minimum Gasteiger partial charge on any atom is -0.481 e. The molecule has 46 heavy (non-hydrogen) atoms. The van der Waals surface area contributed by atoms with Crippen LogP contribution in [0.1, 0.15) is 60.1 Å². The van der Waals surface area contributed by atoms with Crippen molar-refractivity contribution in [3.8, 4) is 5.88 Å². The Morgan fingerprint density at radius 1 is 1.09 bits per heavy atom. The molecule has 0 spiro atoms. The van der Waals surface area contributed by atoms with Gasteiger partial charge < -0.3 is 14.6 Å². The quantitative estimate of drug-likeness (QED) is 0.315. The molecule has 0 unspecified atom stereocenters. The number of aromatic nitrogens is 5. The number of hydrogen-bond donors (Lipinski definition) is 1. The van der Waals surface area contributed by atoms with Crippen molar-refractivity contribution in [3.63, 3.8) is 0 Å². The molecular formula is C30H33F3N6O6S. The topological polar surface area (TPSA) is 149 Å². The van der Waals surface area contributed by atoms with Crippen LogP contribution in [0.25, 0.3) is 5.65 Å². The molecule has 5 rings (SSSR count). The summed E-state index contributed by atoms with van der Waals surface area (Å²) in [6.45, 7) is 6.92. The number of hydrogen-bond acceptors (Lipinski definition) is 9. The van der Waals surface area contributed by atoms with Gasteiger partial charge in [0.15, 0.2) is 5.65 Å². The van der Waals surface area contributed by atoms with Gasteiger partial charge in [0.25, 0.3) is 0 Å². The lowest BCUT2D eigenvalue weighted by Crippen LogP contribution is -2.35. The van der Waals surface area contributed by atoms with Crippen LogP contribution in [-0.2, 0) is 32.3 Å². The number of pyridine rings is 3. The predicted octanol–water partition coefficient (Wildman–Crippen LogP) is 4.39.